The summed E-state index contributed by atoms with van der Waals surface area (Å²) in [6.45, 7) is 4.36. The molecule has 0 N–H and O–H groups in total. The predicted octanol–water partition coefficient (Wildman–Crippen LogP) is 7.90. The number of hydrogen-bond acceptors (Lipinski definition) is 7. The third-order valence-corrected chi connectivity index (χ3v) is 7.70. The van der Waals surface area contributed by atoms with Crippen LogP contribution in [0.1, 0.15) is 117 Å². The fourth-order valence-electron chi connectivity index (χ4n) is 4.80. The molecule has 0 heterocycles. The van der Waals surface area contributed by atoms with Crippen LogP contribution in [0.15, 0.2) is 72.9 Å². The molecular formula is C41H67NO7. The molecule has 0 aliphatic rings. The molecule has 0 aromatic rings. The van der Waals surface area contributed by atoms with Crippen molar-refractivity contribution in [3.8, 4) is 0 Å². The Bertz CT molecular complexity index is 1030. The molecule has 0 aliphatic heterocycles. The molecule has 0 spiro atoms. The van der Waals surface area contributed by atoms with E-state index < -0.39 is 24.1 Å². The Kier molecular flexibility index (Phi) is 29.9. The first-order valence-corrected chi connectivity index (χ1v) is 18.5. The molecule has 0 radical (unpaired) electrons. The molecule has 49 heavy (non-hydrogen) atoms. The van der Waals surface area contributed by atoms with Gasteiger partial charge < -0.3 is 28.6 Å². The van der Waals surface area contributed by atoms with Crippen LogP contribution in [-0.4, -0.2) is 75.5 Å². The minimum Gasteiger partial charge on any atom is -0.544 e. The highest BCUT2D eigenvalue weighted by Crippen LogP contribution is 2.11. The highest BCUT2D eigenvalue weighted by Gasteiger charge is 2.25. The summed E-state index contributed by atoms with van der Waals surface area (Å²) < 4.78 is 17.0. The molecular weight excluding hydrogens is 618 g/mol. The van der Waals surface area contributed by atoms with Gasteiger partial charge in [-0.05, 0) is 51.4 Å². The van der Waals surface area contributed by atoms with E-state index in [1.807, 2.05) is 54.7 Å². The van der Waals surface area contributed by atoms with Gasteiger partial charge in [-0.2, -0.15) is 0 Å². The van der Waals surface area contributed by atoms with Crippen LogP contribution in [-0.2, 0) is 28.6 Å². The number of aliphatic carboxylic acids is 1. The number of carbonyl (C=O) groups is 3. The molecule has 0 saturated heterocycles. The highest BCUT2D eigenvalue weighted by atomic mass is 16.6. The Morgan fingerprint density at radius 2 is 1.18 bits per heavy atom. The summed E-state index contributed by atoms with van der Waals surface area (Å²) in [6, 6.07) is -0.741. The first kappa shape index (κ1) is 45.8. The molecule has 0 aromatic heterocycles. The molecule has 0 fully saturated rings. The van der Waals surface area contributed by atoms with Gasteiger partial charge in [-0.1, -0.05) is 119 Å². The van der Waals surface area contributed by atoms with Gasteiger partial charge in [-0.3, -0.25) is 9.59 Å². The monoisotopic (exact) mass is 685 g/mol. The maximum Gasteiger partial charge on any atom is 0.306 e. The Morgan fingerprint density at radius 3 is 1.80 bits per heavy atom. The summed E-state index contributed by atoms with van der Waals surface area (Å²) in [4.78, 5) is 36.6. The first-order chi connectivity index (χ1) is 23.6. The summed E-state index contributed by atoms with van der Waals surface area (Å²) in [6.07, 6.45) is 38.0. The van der Waals surface area contributed by atoms with Gasteiger partial charge in [-0.15, -0.1) is 0 Å². The molecule has 0 rings (SSSR count). The van der Waals surface area contributed by atoms with Gasteiger partial charge in [0.25, 0.3) is 0 Å². The lowest BCUT2D eigenvalue weighted by molar-refractivity contribution is -0.889. The lowest BCUT2D eigenvalue weighted by Crippen LogP contribution is -2.55. The van der Waals surface area contributed by atoms with Crippen LogP contribution >= 0.6 is 0 Å². The smallest absolute Gasteiger partial charge is 0.306 e. The summed E-state index contributed by atoms with van der Waals surface area (Å²) in [5.74, 6) is -1.86. The van der Waals surface area contributed by atoms with Gasteiger partial charge in [0, 0.05) is 19.3 Å². The van der Waals surface area contributed by atoms with E-state index in [1.165, 1.54) is 32.1 Å². The molecule has 0 bridgehead atoms. The third-order valence-electron chi connectivity index (χ3n) is 7.70. The average Bonchev–Trinajstić information content (AvgIpc) is 3.05. The number of carbonyl (C=O) groups excluding carboxylic acids is 3. The van der Waals surface area contributed by atoms with Crippen molar-refractivity contribution >= 4 is 17.9 Å². The zero-order chi connectivity index (χ0) is 36.4. The maximum absolute atomic E-state index is 12.6. The third kappa shape index (κ3) is 30.6. The number of nitrogens with zero attached hydrogens (tertiary/aromatic N) is 1. The molecule has 8 nitrogen and oxygen atoms in total. The number of allylic oxidation sites excluding steroid dienone is 12. The van der Waals surface area contributed by atoms with E-state index in [0.717, 1.165) is 38.5 Å². The maximum atomic E-state index is 12.6. The van der Waals surface area contributed by atoms with E-state index in [-0.39, 0.29) is 43.1 Å². The molecule has 0 amide bonds. The van der Waals surface area contributed by atoms with Crippen molar-refractivity contribution in [2.45, 2.75) is 129 Å². The Balaban J connectivity index is 4.61. The number of ether oxygens (including phenoxy) is 3. The quantitative estimate of drug-likeness (QED) is 0.0240. The van der Waals surface area contributed by atoms with E-state index >= 15 is 0 Å². The SMILES string of the molecule is CC/C=C/C=C/C=C/C=C/C=C/CCCC(=O)OC(COCCC(C(=O)[O-])[N+](C)(C)C)COC(=O)CCCCCCC/C=C/CCCCC. The van der Waals surface area contributed by atoms with Gasteiger partial charge in [-0.25, -0.2) is 0 Å². The number of carboxylic acid groups (broad SMARTS) is 1. The van der Waals surface area contributed by atoms with Crippen molar-refractivity contribution in [1.82, 2.24) is 0 Å². The van der Waals surface area contributed by atoms with E-state index in [4.69, 9.17) is 14.2 Å². The number of rotatable bonds is 31. The number of quaternary nitrogens is 1. The summed E-state index contributed by atoms with van der Waals surface area (Å²) in [7, 11) is 5.35. The Labute approximate surface area is 298 Å². The van der Waals surface area contributed by atoms with E-state index in [9.17, 15) is 19.5 Å². The molecule has 8 heteroatoms. The zero-order valence-electron chi connectivity index (χ0n) is 31.3. The van der Waals surface area contributed by atoms with Crippen LogP contribution in [0.25, 0.3) is 0 Å². The average molecular weight is 686 g/mol. The van der Waals surface area contributed by atoms with E-state index in [0.29, 0.717) is 19.3 Å². The van der Waals surface area contributed by atoms with E-state index in [1.54, 1.807) is 21.1 Å². The summed E-state index contributed by atoms with van der Waals surface area (Å²) >= 11 is 0. The Hall–Kier alpha value is -3.23. The highest BCUT2D eigenvalue weighted by molar-refractivity contribution is 5.70. The van der Waals surface area contributed by atoms with Crippen LogP contribution in [0.3, 0.4) is 0 Å². The second-order valence-corrected chi connectivity index (χ2v) is 13.2. The van der Waals surface area contributed by atoms with Crippen molar-refractivity contribution in [2.75, 3.05) is 41.0 Å². The minimum atomic E-state index is -1.14. The minimum absolute atomic E-state index is 0.00523. The van der Waals surface area contributed by atoms with Gasteiger partial charge in [0.1, 0.15) is 12.6 Å². The zero-order valence-corrected chi connectivity index (χ0v) is 31.3. The summed E-state index contributed by atoms with van der Waals surface area (Å²) in [5, 5.41) is 11.6. The van der Waals surface area contributed by atoms with Crippen LogP contribution in [0.2, 0.25) is 0 Å². The normalized spacial score (nSPS) is 13.9. The van der Waals surface area contributed by atoms with Gasteiger partial charge in [0.2, 0.25) is 0 Å². The standard InChI is InChI=1S/C41H67NO7/c1-6-8-10-12-14-16-18-20-22-24-26-28-30-32-40(44)49-37(35-47-34-33-38(41(45)46)42(3,4)5)36-48-39(43)31-29-27-25-23-21-19-17-15-13-11-9-7-2/h8,10,12,14-18,20,22,24,26,37-38H,6-7,9,11,13,19,21,23,25,27-36H2,1-5H3/b10-8+,14-12+,17-15+,18-16+,22-20+,26-24+. The van der Waals surface area contributed by atoms with Crippen molar-refractivity contribution in [2.24, 2.45) is 0 Å². The van der Waals surface area contributed by atoms with Crippen LogP contribution < -0.4 is 5.11 Å². The van der Waals surface area contributed by atoms with Crippen molar-refractivity contribution in [3.63, 3.8) is 0 Å². The largest absolute Gasteiger partial charge is 0.544 e. The van der Waals surface area contributed by atoms with Crippen molar-refractivity contribution < 1.29 is 38.2 Å². The van der Waals surface area contributed by atoms with Gasteiger partial charge in [0.05, 0.1) is 40.3 Å². The second-order valence-electron chi connectivity index (χ2n) is 13.2. The predicted molar refractivity (Wildman–Crippen MR) is 199 cm³/mol. The number of unbranched alkanes of at least 4 members (excludes halogenated alkanes) is 9. The van der Waals surface area contributed by atoms with Crippen molar-refractivity contribution in [3.05, 3.63) is 72.9 Å². The first-order valence-electron chi connectivity index (χ1n) is 18.5. The molecule has 0 saturated carbocycles. The number of hydrogen-bond donors (Lipinski definition) is 0. The van der Waals surface area contributed by atoms with E-state index in [2.05, 4.69) is 32.1 Å². The summed E-state index contributed by atoms with van der Waals surface area (Å²) in [5.41, 5.74) is 0. The lowest BCUT2D eigenvalue weighted by atomic mass is 10.1. The number of likely N-dealkylation sites (N-methyl/N-ethyl adjacent to an activating group) is 1. The molecule has 0 aliphatic carbocycles. The van der Waals surface area contributed by atoms with Gasteiger partial charge >= 0.3 is 11.9 Å². The lowest BCUT2D eigenvalue weighted by Gasteiger charge is -2.34. The molecule has 278 valence electrons. The van der Waals surface area contributed by atoms with Gasteiger partial charge in [0.15, 0.2) is 6.10 Å². The fourth-order valence-corrected chi connectivity index (χ4v) is 4.80. The fraction of sp³-hybridized carbons (Fsp3) is 0.634. The van der Waals surface area contributed by atoms with Crippen LogP contribution in [0.4, 0.5) is 0 Å². The molecule has 2 atom stereocenters. The van der Waals surface area contributed by atoms with Crippen LogP contribution in [0.5, 0.6) is 0 Å². The topological polar surface area (TPSA) is 102 Å². The number of esters is 2. The Morgan fingerprint density at radius 1 is 0.633 bits per heavy atom. The second kappa shape index (κ2) is 32.0. The van der Waals surface area contributed by atoms with Crippen molar-refractivity contribution in [1.29, 1.82) is 0 Å². The molecule has 0 aromatic carbocycles. The molecule has 2 unspecified atom stereocenters. The van der Waals surface area contributed by atoms with Crippen LogP contribution in [0, 0.1) is 0 Å². The number of carboxylic acids is 1.